The van der Waals surface area contributed by atoms with Gasteiger partial charge in [-0.1, -0.05) is 26.0 Å². The average Bonchev–Trinajstić information content (AvgIpc) is 2.41. The molecule has 5 nitrogen and oxygen atoms in total. The summed E-state index contributed by atoms with van der Waals surface area (Å²) in [6, 6.07) is 7.69. The van der Waals surface area contributed by atoms with Gasteiger partial charge >= 0.3 is 0 Å². The fraction of sp³-hybridized carbons (Fsp3) is 0.267. The zero-order valence-corrected chi connectivity index (χ0v) is 11.8. The maximum Gasteiger partial charge on any atom is 0.249 e. The monoisotopic (exact) mass is 270 g/mol. The molecular formula is C15H18N4O. The number of aromatic nitrogens is 2. The second-order valence-electron chi connectivity index (χ2n) is 4.95. The first-order valence-corrected chi connectivity index (χ1v) is 6.43. The first-order valence-electron chi connectivity index (χ1n) is 6.43. The van der Waals surface area contributed by atoms with E-state index in [9.17, 15) is 0 Å². The summed E-state index contributed by atoms with van der Waals surface area (Å²) >= 11 is 0. The highest BCUT2D eigenvalue weighted by atomic mass is 16.5. The molecule has 0 amide bonds. The Morgan fingerprint density at radius 1 is 1.30 bits per heavy atom. The number of nitrogens with zero attached hydrogens (tertiary/aromatic N) is 2. The molecule has 0 aliphatic carbocycles. The van der Waals surface area contributed by atoms with E-state index < -0.39 is 0 Å². The maximum atomic E-state index is 7.54. The molecule has 1 aromatic carbocycles. The number of rotatable bonds is 4. The van der Waals surface area contributed by atoms with E-state index in [4.69, 9.17) is 15.9 Å². The van der Waals surface area contributed by atoms with Crippen LogP contribution in [-0.4, -0.2) is 16.0 Å². The lowest BCUT2D eigenvalue weighted by Gasteiger charge is -2.13. The van der Waals surface area contributed by atoms with Gasteiger partial charge in [0.15, 0.2) is 0 Å². The van der Waals surface area contributed by atoms with E-state index in [1.807, 2.05) is 19.1 Å². The van der Waals surface area contributed by atoms with Gasteiger partial charge in [0.1, 0.15) is 11.6 Å². The highest BCUT2D eigenvalue weighted by Crippen LogP contribution is 2.28. The van der Waals surface area contributed by atoms with Crippen molar-refractivity contribution in [1.29, 1.82) is 5.41 Å². The number of nitrogen functional groups attached to an aromatic ring is 1. The van der Waals surface area contributed by atoms with Gasteiger partial charge < -0.3 is 10.5 Å². The first-order chi connectivity index (χ1) is 9.49. The molecule has 0 spiro atoms. The Kier molecular flexibility index (Phi) is 3.98. The van der Waals surface area contributed by atoms with Crippen molar-refractivity contribution >= 4 is 5.84 Å². The fourth-order valence-electron chi connectivity index (χ4n) is 1.79. The zero-order chi connectivity index (χ0) is 14.7. The third-order valence-electron chi connectivity index (χ3n) is 3.06. The van der Waals surface area contributed by atoms with Crippen LogP contribution in [0.1, 0.15) is 36.5 Å². The lowest BCUT2D eigenvalue weighted by atomic mass is 10.0. The largest absolute Gasteiger partial charge is 0.437 e. The Labute approximate surface area is 118 Å². The summed E-state index contributed by atoms with van der Waals surface area (Å²) in [5, 5.41) is 15.2. The molecular weight excluding hydrogens is 252 g/mol. The summed E-state index contributed by atoms with van der Waals surface area (Å²) in [4.78, 5) is 0. The van der Waals surface area contributed by atoms with E-state index in [-0.39, 0.29) is 11.7 Å². The quantitative estimate of drug-likeness (QED) is 0.660. The van der Waals surface area contributed by atoms with Crippen LogP contribution >= 0.6 is 0 Å². The van der Waals surface area contributed by atoms with Crippen molar-refractivity contribution in [3.05, 3.63) is 47.2 Å². The van der Waals surface area contributed by atoms with Gasteiger partial charge in [0.2, 0.25) is 5.88 Å². The van der Waals surface area contributed by atoms with Gasteiger partial charge in [0.25, 0.3) is 0 Å². The van der Waals surface area contributed by atoms with Crippen LogP contribution in [0.25, 0.3) is 0 Å². The Bertz CT molecular complexity index is 638. The van der Waals surface area contributed by atoms with Gasteiger partial charge in [-0.05, 0) is 36.1 Å². The number of benzene rings is 1. The normalized spacial score (nSPS) is 10.6. The molecule has 0 saturated carbocycles. The van der Waals surface area contributed by atoms with E-state index in [2.05, 4.69) is 30.1 Å². The number of ether oxygens (including phenoxy) is 1. The van der Waals surface area contributed by atoms with Gasteiger partial charge in [-0.2, -0.15) is 5.10 Å². The van der Waals surface area contributed by atoms with Crippen LogP contribution in [0, 0.1) is 12.3 Å². The summed E-state index contributed by atoms with van der Waals surface area (Å²) < 4.78 is 5.80. The lowest BCUT2D eigenvalue weighted by molar-refractivity contribution is 0.449. The molecule has 0 radical (unpaired) electrons. The van der Waals surface area contributed by atoms with Crippen LogP contribution in [0.2, 0.25) is 0 Å². The molecule has 3 N–H and O–H groups in total. The van der Waals surface area contributed by atoms with Crippen molar-refractivity contribution in [2.45, 2.75) is 26.7 Å². The number of nitrogens with two attached hydrogens (primary N) is 1. The van der Waals surface area contributed by atoms with E-state index in [1.54, 1.807) is 6.07 Å². The smallest absolute Gasteiger partial charge is 0.249 e. The van der Waals surface area contributed by atoms with Gasteiger partial charge in [0, 0.05) is 0 Å². The summed E-state index contributed by atoms with van der Waals surface area (Å²) in [5.74, 6) is 1.28. The minimum Gasteiger partial charge on any atom is -0.437 e. The van der Waals surface area contributed by atoms with Gasteiger partial charge in [-0.15, -0.1) is 5.10 Å². The maximum absolute atomic E-state index is 7.54. The van der Waals surface area contributed by atoms with Crippen LogP contribution in [0.5, 0.6) is 11.6 Å². The first kappa shape index (κ1) is 14.0. The fourth-order valence-corrected chi connectivity index (χ4v) is 1.79. The molecule has 20 heavy (non-hydrogen) atoms. The van der Waals surface area contributed by atoms with Crippen molar-refractivity contribution in [3.8, 4) is 11.6 Å². The number of amidine groups is 1. The molecule has 2 aromatic rings. The molecule has 0 fully saturated rings. The molecule has 0 atom stereocenters. The molecule has 1 heterocycles. The average molecular weight is 270 g/mol. The minimum atomic E-state index is -0.0902. The number of nitrogens with one attached hydrogen (secondary N) is 1. The standard InChI is InChI=1S/C15H18N4O/c1-9(2)11-5-4-10(3)13(8-11)20-15-12(14(16)17)6-7-18-19-15/h4-9H,1-3H3,(H3,16,17). The third kappa shape index (κ3) is 2.93. The molecule has 104 valence electrons. The van der Waals surface area contributed by atoms with E-state index >= 15 is 0 Å². The Morgan fingerprint density at radius 3 is 2.70 bits per heavy atom. The predicted molar refractivity (Wildman–Crippen MR) is 78.4 cm³/mol. The van der Waals surface area contributed by atoms with Gasteiger partial charge in [-0.3, -0.25) is 5.41 Å². The highest BCUT2D eigenvalue weighted by Gasteiger charge is 2.12. The van der Waals surface area contributed by atoms with Crippen molar-refractivity contribution in [2.24, 2.45) is 5.73 Å². The second-order valence-corrected chi connectivity index (χ2v) is 4.95. The number of hydrogen-bond acceptors (Lipinski definition) is 4. The van der Waals surface area contributed by atoms with Gasteiger partial charge in [0.05, 0.1) is 11.8 Å². The number of aryl methyl sites for hydroxylation is 1. The number of hydrogen-bond donors (Lipinski definition) is 2. The van der Waals surface area contributed by atoms with Crippen molar-refractivity contribution in [3.63, 3.8) is 0 Å². The molecule has 2 rings (SSSR count). The molecule has 0 saturated heterocycles. The minimum absolute atomic E-state index is 0.0902. The molecule has 0 aliphatic heterocycles. The van der Waals surface area contributed by atoms with E-state index in [0.717, 1.165) is 5.56 Å². The SMILES string of the molecule is Cc1ccc(C(C)C)cc1Oc1nnccc1C(=N)N. The van der Waals surface area contributed by atoms with E-state index in [0.29, 0.717) is 17.2 Å². The van der Waals surface area contributed by atoms with Crippen LogP contribution in [0.3, 0.4) is 0 Å². The molecule has 0 aliphatic rings. The Morgan fingerprint density at radius 2 is 2.05 bits per heavy atom. The van der Waals surface area contributed by atoms with E-state index in [1.165, 1.54) is 11.8 Å². The molecule has 0 unspecified atom stereocenters. The van der Waals surface area contributed by atoms with Crippen LogP contribution in [0.4, 0.5) is 0 Å². The second kappa shape index (κ2) is 5.69. The van der Waals surface area contributed by atoms with Crippen molar-refractivity contribution < 1.29 is 4.74 Å². The molecule has 5 heteroatoms. The van der Waals surface area contributed by atoms with Crippen molar-refractivity contribution in [1.82, 2.24) is 10.2 Å². The predicted octanol–water partition coefficient (Wildman–Crippen LogP) is 2.98. The summed E-state index contributed by atoms with van der Waals surface area (Å²) in [6.45, 7) is 6.21. The zero-order valence-electron chi connectivity index (χ0n) is 11.8. The van der Waals surface area contributed by atoms with Crippen LogP contribution < -0.4 is 10.5 Å². The topological polar surface area (TPSA) is 84.9 Å². The highest BCUT2D eigenvalue weighted by molar-refractivity contribution is 5.96. The van der Waals surface area contributed by atoms with Crippen LogP contribution in [0.15, 0.2) is 30.5 Å². The summed E-state index contributed by atoms with van der Waals surface area (Å²) in [5.41, 5.74) is 8.13. The van der Waals surface area contributed by atoms with Crippen molar-refractivity contribution in [2.75, 3.05) is 0 Å². The van der Waals surface area contributed by atoms with Gasteiger partial charge in [-0.25, -0.2) is 0 Å². The Balaban J connectivity index is 2.40. The summed E-state index contributed by atoms with van der Waals surface area (Å²) in [7, 11) is 0. The van der Waals surface area contributed by atoms with Crippen LogP contribution in [-0.2, 0) is 0 Å². The molecule has 0 bridgehead atoms. The Hall–Kier alpha value is -2.43. The molecule has 1 aromatic heterocycles. The lowest BCUT2D eigenvalue weighted by Crippen LogP contribution is -2.13. The third-order valence-corrected chi connectivity index (χ3v) is 3.06. The summed E-state index contributed by atoms with van der Waals surface area (Å²) in [6.07, 6.45) is 1.49.